The monoisotopic (exact) mass is 263 g/mol. The van der Waals surface area contributed by atoms with E-state index in [0.29, 0.717) is 10.7 Å². The van der Waals surface area contributed by atoms with E-state index in [1.165, 1.54) is 30.1 Å². The third-order valence-electron chi connectivity index (χ3n) is 2.44. The van der Waals surface area contributed by atoms with Crippen molar-refractivity contribution >= 4 is 22.4 Å². The number of carbonyl (C=O) groups excluding carboxylic acids is 1. The number of rotatable bonds is 4. The molecule has 0 aliphatic heterocycles. The lowest BCUT2D eigenvalue weighted by Gasteiger charge is -2.05. The summed E-state index contributed by atoms with van der Waals surface area (Å²) in [5.74, 6) is -0.256. The topological polar surface area (TPSA) is 79.8 Å². The summed E-state index contributed by atoms with van der Waals surface area (Å²) in [6, 6.07) is 0.159. The van der Waals surface area contributed by atoms with E-state index >= 15 is 0 Å². The maximum Gasteiger partial charge on any atom is 0.260 e. The SMILES string of the molecule is CNC(C)c1csc(NC(=O)c2cncnc2)n1. The number of hydrogen-bond donors (Lipinski definition) is 2. The molecule has 18 heavy (non-hydrogen) atoms. The Morgan fingerprint density at radius 1 is 1.39 bits per heavy atom. The van der Waals surface area contributed by atoms with E-state index in [2.05, 4.69) is 25.6 Å². The third kappa shape index (κ3) is 2.88. The van der Waals surface area contributed by atoms with Crippen LogP contribution in [-0.4, -0.2) is 27.9 Å². The molecule has 2 aromatic heterocycles. The van der Waals surface area contributed by atoms with Crippen molar-refractivity contribution in [3.8, 4) is 0 Å². The minimum atomic E-state index is -0.256. The molecule has 0 bridgehead atoms. The van der Waals surface area contributed by atoms with Gasteiger partial charge >= 0.3 is 0 Å². The molecule has 0 aliphatic rings. The molecule has 0 spiro atoms. The number of nitrogens with one attached hydrogen (secondary N) is 2. The van der Waals surface area contributed by atoms with Crippen LogP contribution < -0.4 is 10.6 Å². The van der Waals surface area contributed by atoms with Crippen LogP contribution in [0.25, 0.3) is 0 Å². The molecular formula is C11H13N5OS. The Bertz CT molecular complexity index is 527. The van der Waals surface area contributed by atoms with Gasteiger partial charge in [0.15, 0.2) is 5.13 Å². The first kappa shape index (κ1) is 12.6. The molecule has 0 saturated heterocycles. The van der Waals surface area contributed by atoms with Crippen LogP contribution in [0.5, 0.6) is 0 Å². The van der Waals surface area contributed by atoms with Gasteiger partial charge in [-0.1, -0.05) is 0 Å². The van der Waals surface area contributed by atoms with Crippen LogP contribution in [0.3, 0.4) is 0 Å². The first-order valence-electron chi connectivity index (χ1n) is 5.39. The van der Waals surface area contributed by atoms with Crippen molar-refractivity contribution in [2.24, 2.45) is 0 Å². The van der Waals surface area contributed by atoms with E-state index in [9.17, 15) is 4.79 Å². The van der Waals surface area contributed by atoms with Crippen molar-refractivity contribution in [2.45, 2.75) is 13.0 Å². The standard InChI is InChI=1S/C11H13N5OS/c1-7(12-2)9-5-18-11(15-9)16-10(17)8-3-13-6-14-4-8/h3-7,12H,1-2H3,(H,15,16,17). The molecule has 0 aliphatic carbocycles. The van der Waals surface area contributed by atoms with Crippen LogP contribution >= 0.6 is 11.3 Å². The maximum absolute atomic E-state index is 11.8. The lowest BCUT2D eigenvalue weighted by Crippen LogP contribution is -2.14. The summed E-state index contributed by atoms with van der Waals surface area (Å²) in [7, 11) is 1.86. The first-order valence-corrected chi connectivity index (χ1v) is 6.27. The second-order valence-electron chi connectivity index (χ2n) is 3.67. The van der Waals surface area contributed by atoms with Gasteiger partial charge in [-0.25, -0.2) is 15.0 Å². The summed E-state index contributed by atoms with van der Waals surface area (Å²) in [5.41, 5.74) is 1.32. The van der Waals surface area contributed by atoms with Crippen LogP contribution in [0.2, 0.25) is 0 Å². The lowest BCUT2D eigenvalue weighted by atomic mass is 10.3. The van der Waals surface area contributed by atoms with Gasteiger partial charge in [0.2, 0.25) is 0 Å². The van der Waals surface area contributed by atoms with E-state index in [0.717, 1.165) is 5.69 Å². The number of anilines is 1. The Balaban J connectivity index is 2.06. The molecule has 2 N–H and O–H groups in total. The summed E-state index contributed by atoms with van der Waals surface area (Å²) in [5, 5.41) is 8.29. The molecule has 94 valence electrons. The van der Waals surface area contributed by atoms with Gasteiger partial charge in [-0.3, -0.25) is 10.1 Å². The molecule has 7 heteroatoms. The quantitative estimate of drug-likeness (QED) is 0.873. The summed E-state index contributed by atoms with van der Waals surface area (Å²) in [6.45, 7) is 2.01. The van der Waals surface area contributed by atoms with Crippen LogP contribution in [0.15, 0.2) is 24.1 Å². The predicted molar refractivity (Wildman–Crippen MR) is 69.6 cm³/mol. The maximum atomic E-state index is 11.8. The smallest absolute Gasteiger partial charge is 0.260 e. The second kappa shape index (κ2) is 5.65. The van der Waals surface area contributed by atoms with Gasteiger partial charge in [0.05, 0.1) is 11.3 Å². The largest absolute Gasteiger partial charge is 0.312 e. The highest BCUT2D eigenvalue weighted by Gasteiger charge is 2.11. The fourth-order valence-electron chi connectivity index (χ4n) is 1.28. The second-order valence-corrected chi connectivity index (χ2v) is 4.53. The fourth-order valence-corrected chi connectivity index (χ4v) is 2.07. The van der Waals surface area contributed by atoms with Crippen LogP contribution in [0, 0.1) is 0 Å². The van der Waals surface area contributed by atoms with Crippen LogP contribution in [-0.2, 0) is 0 Å². The van der Waals surface area contributed by atoms with Crippen molar-refractivity contribution in [3.05, 3.63) is 35.4 Å². The molecule has 1 atom stereocenters. The van der Waals surface area contributed by atoms with Gasteiger partial charge in [0, 0.05) is 23.8 Å². The minimum Gasteiger partial charge on any atom is -0.312 e. The van der Waals surface area contributed by atoms with Gasteiger partial charge < -0.3 is 5.32 Å². The number of aromatic nitrogens is 3. The normalized spacial score (nSPS) is 12.1. The van der Waals surface area contributed by atoms with Gasteiger partial charge in [-0.2, -0.15) is 0 Å². The zero-order valence-electron chi connectivity index (χ0n) is 10.0. The van der Waals surface area contributed by atoms with Crippen molar-refractivity contribution in [1.82, 2.24) is 20.3 Å². The molecule has 1 amide bonds. The molecule has 2 aromatic rings. The zero-order valence-corrected chi connectivity index (χ0v) is 10.9. The molecule has 6 nitrogen and oxygen atoms in total. The average Bonchev–Trinajstić information content (AvgIpc) is 2.87. The molecular weight excluding hydrogens is 250 g/mol. The van der Waals surface area contributed by atoms with Crippen LogP contribution in [0.4, 0.5) is 5.13 Å². The van der Waals surface area contributed by atoms with Gasteiger partial charge in [0.25, 0.3) is 5.91 Å². The summed E-state index contributed by atoms with van der Waals surface area (Å²) in [6.07, 6.45) is 4.31. The van der Waals surface area contributed by atoms with Crippen molar-refractivity contribution in [2.75, 3.05) is 12.4 Å². The number of nitrogens with zero attached hydrogens (tertiary/aromatic N) is 3. The van der Waals surface area contributed by atoms with E-state index < -0.39 is 0 Å². The summed E-state index contributed by atoms with van der Waals surface area (Å²) in [4.78, 5) is 23.7. The predicted octanol–water partition coefficient (Wildman–Crippen LogP) is 1.47. The highest BCUT2D eigenvalue weighted by molar-refractivity contribution is 7.14. The number of amides is 1. The summed E-state index contributed by atoms with van der Waals surface area (Å²) < 4.78 is 0. The molecule has 2 heterocycles. The van der Waals surface area contributed by atoms with Gasteiger partial charge in [0.1, 0.15) is 6.33 Å². The van der Waals surface area contributed by atoms with E-state index in [4.69, 9.17) is 0 Å². The van der Waals surface area contributed by atoms with Crippen molar-refractivity contribution < 1.29 is 4.79 Å². The molecule has 0 fully saturated rings. The Morgan fingerprint density at radius 3 is 2.78 bits per heavy atom. The fraction of sp³-hybridized carbons (Fsp3) is 0.273. The Hall–Kier alpha value is -1.86. The molecule has 1 unspecified atom stereocenters. The first-order chi connectivity index (χ1) is 8.70. The third-order valence-corrected chi connectivity index (χ3v) is 3.22. The number of hydrogen-bond acceptors (Lipinski definition) is 6. The molecule has 2 rings (SSSR count). The minimum absolute atomic E-state index is 0.159. The van der Waals surface area contributed by atoms with E-state index in [-0.39, 0.29) is 11.9 Å². The number of carbonyl (C=O) groups is 1. The number of thiazole rings is 1. The zero-order chi connectivity index (χ0) is 13.0. The Labute approximate surface area is 109 Å². The highest BCUT2D eigenvalue weighted by atomic mass is 32.1. The van der Waals surface area contributed by atoms with Crippen molar-refractivity contribution in [1.29, 1.82) is 0 Å². The molecule has 0 aromatic carbocycles. The highest BCUT2D eigenvalue weighted by Crippen LogP contribution is 2.20. The van der Waals surface area contributed by atoms with Gasteiger partial charge in [-0.15, -0.1) is 11.3 Å². The summed E-state index contributed by atoms with van der Waals surface area (Å²) >= 11 is 1.39. The lowest BCUT2D eigenvalue weighted by molar-refractivity contribution is 0.102. The van der Waals surface area contributed by atoms with Crippen LogP contribution in [0.1, 0.15) is 29.0 Å². The molecule has 0 radical (unpaired) electrons. The Morgan fingerprint density at radius 2 is 2.11 bits per heavy atom. The Kier molecular flexibility index (Phi) is 3.96. The van der Waals surface area contributed by atoms with E-state index in [1.54, 1.807) is 0 Å². The molecule has 0 saturated carbocycles. The van der Waals surface area contributed by atoms with Gasteiger partial charge in [-0.05, 0) is 14.0 Å². The average molecular weight is 263 g/mol. The van der Waals surface area contributed by atoms with Crippen molar-refractivity contribution in [3.63, 3.8) is 0 Å². The van der Waals surface area contributed by atoms with E-state index in [1.807, 2.05) is 19.4 Å².